The molecule has 0 bridgehead atoms. The molecular formula is C21H23N5O2S2. The summed E-state index contributed by atoms with van der Waals surface area (Å²) in [7, 11) is 3.50. The van der Waals surface area contributed by atoms with E-state index in [4.69, 9.17) is 15.5 Å². The van der Waals surface area contributed by atoms with Crippen LogP contribution in [0.5, 0.6) is 0 Å². The Balaban J connectivity index is 1.65. The molecule has 4 heterocycles. The highest BCUT2D eigenvalue weighted by Gasteiger charge is 2.29. The molecule has 9 heteroatoms. The smallest absolute Gasteiger partial charge is 0.232 e. The Hall–Kier alpha value is -2.20. The van der Waals surface area contributed by atoms with Crippen molar-refractivity contribution in [3.05, 3.63) is 30.1 Å². The Labute approximate surface area is 181 Å². The number of nitrogens with zero attached hydrogens (tertiary/aromatic N) is 4. The summed E-state index contributed by atoms with van der Waals surface area (Å²) >= 11 is 0.242. The SMILES string of the molecule is COCC[S@+]([O-])c1sc2nc(-c3cnc4nn(C)cc4c3)cc(C3CCC3)c2c1N. The fourth-order valence-electron chi connectivity index (χ4n) is 3.91. The lowest BCUT2D eigenvalue weighted by Crippen LogP contribution is -2.12. The minimum atomic E-state index is -1.19. The third-order valence-electron chi connectivity index (χ3n) is 5.69. The first kappa shape index (κ1) is 19.7. The van der Waals surface area contributed by atoms with Crippen molar-refractivity contribution in [2.75, 3.05) is 25.2 Å². The molecule has 1 atom stereocenters. The predicted octanol–water partition coefficient (Wildman–Crippen LogP) is 3.85. The second-order valence-electron chi connectivity index (χ2n) is 7.69. The fraction of sp³-hybridized carbons (Fsp3) is 0.381. The molecule has 0 radical (unpaired) electrons. The second kappa shape index (κ2) is 7.81. The van der Waals surface area contributed by atoms with Crippen LogP contribution in [0, 0.1) is 0 Å². The van der Waals surface area contributed by atoms with Crippen molar-refractivity contribution in [2.24, 2.45) is 7.05 Å². The molecule has 4 aromatic rings. The minimum absolute atomic E-state index is 0.431. The maximum Gasteiger partial charge on any atom is 0.232 e. The van der Waals surface area contributed by atoms with Crippen LogP contribution < -0.4 is 5.73 Å². The van der Waals surface area contributed by atoms with Crippen LogP contribution >= 0.6 is 11.3 Å². The number of nitrogen functional groups attached to an aromatic ring is 1. The summed E-state index contributed by atoms with van der Waals surface area (Å²) in [6.45, 7) is 0.436. The van der Waals surface area contributed by atoms with Crippen molar-refractivity contribution < 1.29 is 9.29 Å². The molecule has 0 saturated heterocycles. The van der Waals surface area contributed by atoms with E-state index in [1.807, 2.05) is 19.4 Å². The monoisotopic (exact) mass is 441 g/mol. The van der Waals surface area contributed by atoms with E-state index in [9.17, 15) is 4.55 Å². The number of pyridine rings is 2. The number of anilines is 1. The molecule has 7 nitrogen and oxygen atoms in total. The first-order valence-corrected chi connectivity index (χ1v) is 12.1. The molecule has 4 aromatic heterocycles. The van der Waals surface area contributed by atoms with Gasteiger partial charge in [-0.1, -0.05) is 17.8 Å². The number of aromatic nitrogens is 4. The quantitative estimate of drug-likeness (QED) is 0.456. The number of rotatable bonds is 6. The first-order chi connectivity index (χ1) is 14.5. The van der Waals surface area contributed by atoms with Gasteiger partial charge in [0.2, 0.25) is 4.21 Å². The van der Waals surface area contributed by atoms with Crippen LogP contribution in [0.2, 0.25) is 0 Å². The zero-order valence-corrected chi connectivity index (χ0v) is 18.6. The normalized spacial score (nSPS) is 15.7. The van der Waals surface area contributed by atoms with Gasteiger partial charge in [-0.2, -0.15) is 5.10 Å². The molecule has 2 N–H and O–H groups in total. The molecule has 5 rings (SSSR count). The van der Waals surface area contributed by atoms with Gasteiger partial charge in [-0.15, -0.1) is 0 Å². The molecule has 0 aromatic carbocycles. The Morgan fingerprint density at radius 2 is 2.20 bits per heavy atom. The zero-order chi connectivity index (χ0) is 20.8. The van der Waals surface area contributed by atoms with E-state index in [1.54, 1.807) is 11.8 Å². The molecule has 30 heavy (non-hydrogen) atoms. The van der Waals surface area contributed by atoms with Gasteiger partial charge >= 0.3 is 0 Å². The summed E-state index contributed by atoms with van der Waals surface area (Å²) in [6.07, 6.45) is 7.30. The largest absolute Gasteiger partial charge is 0.611 e. The lowest BCUT2D eigenvalue weighted by Gasteiger charge is -2.27. The van der Waals surface area contributed by atoms with E-state index in [0.29, 0.717) is 28.2 Å². The van der Waals surface area contributed by atoms with Crippen LogP contribution in [0.4, 0.5) is 5.69 Å². The molecular weight excluding hydrogens is 418 g/mol. The third-order valence-corrected chi connectivity index (χ3v) is 8.56. The topological polar surface area (TPSA) is 102 Å². The number of hydrogen-bond donors (Lipinski definition) is 1. The zero-order valence-electron chi connectivity index (χ0n) is 16.9. The molecule has 0 aliphatic heterocycles. The third kappa shape index (κ3) is 3.35. The van der Waals surface area contributed by atoms with Crippen LogP contribution in [-0.2, 0) is 23.0 Å². The van der Waals surface area contributed by atoms with Gasteiger partial charge in [0.1, 0.15) is 16.3 Å². The molecule has 1 aliphatic rings. The van der Waals surface area contributed by atoms with Crippen molar-refractivity contribution in [1.82, 2.24) is 19.7 Å². The van der Waals surface area contributed by atoms with Crippen molar-refractivity contribution in [3.63, 3.8) is 0 Å². The summed E-state index contributed by atoms with van der Waals surface area (Å²) in [4.78, 5) is 10.3. The van der Waals surface area contributed by atoms with E-state index in [-0.39, 0.29) is 0 Å². The predicted molar refractivity (Wildman–Crippen MR) is 121 cm³/mol. The average Bonchev–Trinajstić information content (AvgIpc) is 3.23. The number of nitrogens with two attached hydrogens (primary N) is 1. The molecule has 1 saturated carbocycles. The van der Waals surface area contributed by atoms with Crippen LogP contribution in [0.1, 0.15) is 30.7 Å². The van der Waals surface area contributed by atoms with Gasteiger partial charge in [-0.3, -0.25) is 4.68 Å². The number of methoxy groups -OCH3 is 1. The molecule has 0 unspecified atom stereocenters. The lowest BCUT2D eigenvalue weighted by molar-refractivity contribution is 0.217. The van der Waals surface area contributed by atoms with Gasteiger partial charge in [0, 0.05) is 54.1 Å². The maximum atomic E-state index is 12.8. The Bertz CT molecular complexity index is 1230. The second-order valence-corrected chi connectivity index (χ2v) is 10.5. The van der Waals surface area contributed by atoms with E-state index in [1.165, 1.54) is 23.3 Å². The highest BCUT2D eigenvalue weighted by Crippen LogP contribution is 2.46. The standard InChI is InChI=1S/C21H23N5O2S2/c1-26-11-14-8-13(10-23-19(14)25-26)16-9-15(12-4-3-5-12)17-18(22)21(29-20(17)24-16)30(27)7-6-28-2/h8-12H,3-7,22H2,1-2H3/t30-/m0/s1. The number of thiophene rings is 1. The van der Waals surface area contributed by atoms with Gasteiger partial charge in [-0.05, 0) is 36.5 Å². The Morgan fingerprint density at radius 1 is 1.37 bits per heavy atom. The maximum absolute atomic E-state index is 12.8. The highest BCUT2D eigenvalue weighted by molar-refractivity contribution is 7.93. The molecule has 0 amide bonds. The summed E-state index contributed by atoms with van der Waals surface area (Å²) in [6, 6.07) is 4.22. The summed E-state index contributed by atoms with van der Waals surface area (Å²) in [5, 5.41) is 6.31. The van der Waals surface area contributed by atoms with Crippen molar-refractivity contribution in [1.29, 1.82) is 0 Å². The average molecular weight is 442 g/mol. The number of ether oxygens (including phenoxy) is 1. The Kier molecular flexibility index (Phi) is 5.14. The molecule has 1 aliphatic carbocycles. The first-order valence-electron chi connectivity index (χ1n) is 9.95. The van der Waals surface area contributed by atoms with Crippen molar-refractivity contribution in [2.45, 2.75) is 29.4 Å². The number of hydrogen-bond acceptors (Lipinski definition) is 7. The lowest BCUT2D eigenvalue weighted by atomic mass is 9.79. The van der Waals surface area contributed by atoms with E-state index in [2.05, 4.69) is 22.2 Å². The van der Waals surface area contributed by atoms with Gasteiger partial charge < -0.3 is 15.0 Å². The van der Waals surface area contributed by atoms with Crippen LogP contribution in [-0.4, -0.2) is 43.8 Å². The molecule has 0 spiro atoms. The van der Waals surface area contributed by atoms with E-state index >= 15 is 0 Å². The number of aryl methyl sites for hydroxylation is 1. The minimum Gasteiger partial charge on any atom is -0.611 e. The van der Waals surface area contributed by atoms with Gasteiger partial charge in [0.25, 0.3) is 0 Å². The van der Waals surface area contributed by atoms with Crippen LogP contribution in [0.25, 0.3) is 32.5 Å². The fourth-order valence-corrected chi connectivity index (χ4v) is 6.48. The summed E-state index contributed by atoms with van der Waals surface area (Å²) in [5.74, 6) is 0.905. The molecule has 156 valence electrons. The Morgan fingerprint density at radius 3 is 2.93 bits per heavy atom. The van der Waals surface area contributed by atoms with Gasteiger partial charge in [0.05, 0.1) is 12.3 Å². The highest BCUT2D eigenvalue weighted by atomic mass is 32.2. The van der Waals surface area contributed by atoms with Crippen molar-refractivity contribution >= 4 is 49.5 Å². The van der Waals surface area contributed by atoms with E-state index in [0.717, 1.165) is 45.3 Å². The van der Waals surface area contributed by atoms with E-state index < -0.39 is 11.2 Å². The van der Waals surface area contributed by atoms with Crippen LogP contribution in [0.3, 0.4) is 0 Å². The summed E-state index contributed by atoms with van der Waals surface area (Å²) < 4.78 is 20.3. The summed E-state index contributed by atoms with van der Waals surface area (Å²) in [5.41, 5.74) is 10.9. The van der Waals surface area contributed by atoms with Crippen molar-refractivity contribution in [3.8, 4) is 11.3 Å². The van der Waals surface area contributed by atoms with Gasteiger partial charge in [-0.25, -0.2) is 9.97 Å². The molecule has 1 fully saturated rings. The van der Waals surface area contributed by atoms with Crippen LogP contribution in [0.15, 0.2) is 28.7 Å². The number of fused-ring (bicyclic) bond motifs is 2. The van der Waals surface area contributed by atoms with Gasteiger partial charge in [0.15, 0.2) is 5.65 Å².